The van der Waals surface area contributed by atoms with E-state index < -0.39 is 29.7 Å². The number of hydrogen-bond acceptors (Lipinski definition) is 0. The number of rotatable bonds is 4. The summed E-state index contributed by atoms with van der Waals surface area (Å²) in [6.45, 7) is 3.14. The summed E-state index contributed by atoms with van der Waals surface area (Å²) in [5.41, 5.74) is -1.32. The van der Waals surface area contributed by atoms with E-state index in [1.54, 1.807) is 0 Å². The van der Waals surface area contributed by atoms with Gasteiger partial charge in [-0.1, -0.05) is 19.8 Å². The van der Waals surface area contributed by atoms with Gasteiger partial charge >= 0.3 is 0 Å². The van der Waals surface area contributed by atoms with E-state index in [1.807, 2.05) is 28.7 Å². The van der Waals surface area contributed by atoms with Gasteiger partial charge in [0.15, 0.2) is 5.67 Å². The molecule has 1 aromatic rings. The van der Waals surface area contributed by atoms with Crippen LogP contribution in [0, 0.1) is 15.3 Å². The minimum Gasteiger partial charge on any atom is -0.238 e. The highest BCUT2D eigenvalue weighted by molar-refractivity contribution is 14.1. The zero-order valence-corrected chi connectivity index (χ0v) is 17.6. The van der Waals surface area contributed by atoms with E-state index in [1.165, 1.54) is 31.7 Å². The van der Waals surface area contributed by atoms with Crippen LogP contribution in [-0.4, -0.2) is 11.6 Å². The molecule has 0 aliphatic heterocycles. The SMILES string of the molecule is CCCC1CCC(c2cc(F)c(C3CC(C)(F)C(F)(F)C3)c(I)c2)CC1. The zero-order chi connectivity index (χ0) is 19.1. The molecule has 2 unspecified atom stereocenters. The van der Waals surface area contributed by atoms with Gasteiger partial charge in [0.25, 0.3) is 5.92 Å². The molecule has 26 heavy (non-hydrogen) atoms. The first-order valence-electron chi connectivity index (χ1n) is 9.70. The Hall–Kier alpha value is -0.330. The van der Waals surface area contributed by atoms with Gasteiger partial charge in [-0.15, -0.1) is 0 Å². The first-order valence-corrected chi connectivity index (χ1v) is 10.8. The molecule has 0 heterocycles. The highest BCUT2D eigenvalue weighted by Gasteiger charge is 2.59. The van der Waals surface area contributed by atoms with Crippen molar-refractivity contribution in [2.75, 3.05) is 0 Å². The lowest BCUT2D eigenvalue weighted by Gasteiger charge is -2.29. The maximum absolute atomic E-state index is 14.8. The maximum Gasteiger partial charge on any atom is 0.281 e. The minimum absolute atomic E-state index is 0.273. The molecule has 2 atom stereocenters. The molecule has 0 spiro atoms. The number of hydrogen-bond donors (Lipinski definition) is 0. The van der Waals surface area contributed by atoms with Crippen molar-refractivity contribution < 1.29 is 17.6 Å². The monoisotopic (exact) mass is 482 g/mol. The standard InChI is InChI=1S/C21H27F4I/c1-3-4-13-5-7-14(8-6-13)15-9-17(22)19(18(26)10-15)16-11-20(2,23)21(24,25)12-16/h9-10,13-14,16H,3-8,11-12H2,1-2H3. The quantitative estimate of drug-likeness (QED) is 0.304. The fourth-order valence-corrected chi connectivity index (χ4v) is 5.89. The second-order valence-corrected chi connectivity index (χ2v) is 9.57. The van der Waals surface area contributed by atoms with Crippen LogP contribution in [0.15, 0.2) is 12.1 Å². The lowest BCUT2D eigenvalue weighted by molar-refractivity contribution is -0.105. The van der Waals surface area contributed by atoms with E-state index in [9.17, 15) is 17.6 Å². The first-order chi connectivity index (χ1) is 12.1. The third-order valence-corrected chi connectivity index (χ3v) is 7.31. The maximum atomic E-state index is 14.8. The van der Waals surface area contributed by atoms with Crippen LogP contribution >= 0.6 is 22.6 Å². The van der Waals surface area contributed by atoms with E-state index >= 15 is 0 Å². The summed E-state index contributed by atoms with van der Waals surface area (Å²) in [7, 11) is 0. The Labute approximate surface area is 167 Å². The highest BCUT2D eigenvalue weighted by Crippen LogP contribution is 2.54. The van der Waals surface area contributed by atoms with Gasteiger partial charge in [-0.3, -0.25) is 0 Å². The topological polar surface area (TPSA) is 0 Å². The Bertz CT molecular complexity index is 608. The van der Waals surface area contributed by atoms with Crippen LogP contribution in [0.2, 0.25) is 0 Å². The number of halogens is 5. The molecule has 2 aliphatic carbocycles. The molecular weight excluding hydrogens is 455 g/mol. The molecular formula is C21H27F4I. The summed E-state index contributed by atoms with van der Waals surface area (Å²) < 4.78 is 57.5. The molecule has 1 aromatic carbocycles. The van der Waals surface area contributed by atoms with E-state index in [4.69, 9.17) is 0 Å². The van der Waals surface area contributed by atoms with Crippen LogP contribution in [0.1, 0.15) is 88.2 Å². The van der Waals surface area contributed by atoms with Gasteiger partial charge in [-0.25, -0.2) is 17.6 Å². The third kappa shape index (κ3) is 3.93. The van der Waals surface area contributed by atoms with Gasteiger partial charge in [0.2, 0.25) is 0 Å². The molecule has 2 saturated carbocycles. The Morgan fingerprint density at radius 1 is 1.04 bits per heavy atom. The van der Waals surface area contributed by atoms with Crippen molar-refractivity contribution in [2.45, 2.75) is 88.6 Å². The first kappa shape index (κ1) is 20.4. The van der Waals surface area contributed by atoms with Crippen molar-refractivity contribution >= 4 is 22.6 Å². The molecule has 0 saturated heterocycles. The van der Waals surface area contributed by atoms with E-state index in [0.29, 0.717) is 9.49 Å². The molecule has 0 nitrogen and oxygen atoms in total. The Balaban J connectivity index is 1.78. The van der Waals surface area contributed by atoms with Crippen LogP contribution in [0.25, 0.3) is 0 Å². The lowest BCUT2D eigenvalue weighted by Crippen LogP contribution is -2.35. The molecule has 0 amide bonds. The van der Waals surface area contributed by atoms with Crippen LogP contribution in [-0.2, 0) is 0 Å². The third-order valence-electron chi connectivity index (χ3n) is 6.42. The second-order valence-electron chi connectivity index (χ2n) is 8.41. The van der Waals surface area contributed by atoms with Gasteiger partial charge in [-0.05, 0) is 97.1 Å². The van der Waals surface area contributed by atoms with Crippen molar-refractivity contribution in [3.05, 3.63) is 32.6 Å². The molecule has 146 valence electrons. The van der Waals surface area contributed by atoms with E-state index in [0.717, 1.165) is 31.2 Å². The molecule has 5 heteroatoms. The zero-order valence-electron chi connectivity index (χ0n) is 15.4. The molecule has 2 fully saturated rings. The summed E-state index contributed by atoms with van der Waals surface area (Å²) in [5, 5.41) is 0. The van der Waals surface area contributed by atoms with Crippen LogP contribution in [0.3, 0.4) is 0 Å². The van der Waals surface area contributed by atoms with Crippen molar-refractivity contribution in [1.29, 1.82) is 0 Å². The highest BCUT2D eigenvalue weighted by atomic mass is 127. The fraction of sp³-hybridized carbons (Fsp3) is 0.714. The minimum atomic E-state index is -3.40. The average molecular weight is 482 g/mol. The van der Waals surface area contributed by atoms with E-state index in [2.05, 4.69) is 6.92 Å². The van der Waals surface area contributed by atoms with E-state index in [-0.39, 0.29) is 12.0 Å². The summed E-state index contributed by atoms with van der Waals surface area (Å²) in [5.74, 6) is -3.48. The fourth-order valence-electron chi connectivity index (χ4n) is 4.83. The van der Waals surface area contributed by atoms with Crippen molar-refractivity contribution in [1.82, 2.24) is 0 Å². The van der Waals surface area contributed by atoms with Gasteiger partial charge < -0.3 is 0 Å². The van der Waals surface area contributed by atoms with Gasteiger partial charge in [0, 0.05) is 15.6 Å². The largest absolute Gasteiger partial charge is 0.281 e. The molecule has 0 bridgehead atoms. The molecule has 0 N–H and O–H groups in total. The number of alkyl halides is 3. The molecule has 0 aromatic heterocycles. The van der Waals surface area contributed by atoms with Crippen LogP contribution in [0.5, 0.6) is 0 Å². The lowest BCUT2D eigenvalue weighted by atomic mass is 9.77. The van der Waals surface area contributed by atoms with Crippen molar-refractivity contribution in [3.8, 4) is 0 Å². The predicted molar refractivity (Wildman–Crippen MR) is 105 cm³/mol. The molecule has 2 aliphatic rings. The Kier molecular flexibility index (Phi) is 5.96. The normalized spacial score (nSPS) is 34.2. The summed E-state index contributed by atoms with van der Waals surface area (Å²) in [6, 6.07) is 3.46. The summed E-state index contributed by atoms with van der Waals surface area (Å²) in [6.07, 6.45) is 5.99. The van der Waals surface area contributed by atoms with Crippen molar-refractivity contribution in [2.24, 2.45) is 5.92 Å². The predicted octanol–water partition coefficient (Wildman–Crippen LogP) is 7.75. The molecule has 0 radical (unpaired) electrons. The average Bonchev–Trinajstić information content (AvgIpc) is 2.75. The second kappa shape index (κ2) is 7.59. The van der Waals surface area contributed by atoms with Crippen LogP contribution < -0.4 is 0 Å². The van der Waals surface area contributed by atoms with Gasteiger partial charge in [-0.2, -0.15) is 0 Å². The summed E-state index contributed by atoms with van der Waals surface area (Å²) in [4.78, 5) is 0. The van der Waals surface area contributed by atoms with Crippen LogP contribution in [0.4, 0.5) is 17.6 Å². The number of benzene rings is 1. The molecule has 3 rings (SSSR count). The van der Waals surface area contributed by atoms with Gasteiger partial charge in [0.1, 0.15) is 5.82 Å². The Morgan fingerprint density at radius 3 is 2.19 bits per heavy atom. The Morgan fingerprint density at radius 2 is 1.69 bits per heavy atom. The van der Waals surface area contributed by atoms with Crippen molar-refractivity contribution in [3.63, 3.8) is 0 Å². The summed E-state index contributed by atoms with van der Waals surface area (Å²) >= 11 is 2.03. The van der Waals surface area contributed by atoms with Gasteiger partial charge in [0.05, 0.1) is 0 Å². The smallest absolute Gasteiger partial charge is 0.238 e.